The second-order valence-corrected chi connectivity index (χ2v) is 5.68. The van der Waals surface area contributed by atoms with Gasteiger partial charge in [0.15, 0.2) is 0 Å². The Bertz CT molecular complexity index is 591. The zero-order valence-corrected chi connectivity index (χ0v) is 13.5. The van der Waals surface area contributed by atoms with Crippen LogP contribution < -0.4 is 9.47 Å². The first-order valence-corrected chi connectivity index (χ1v) is 7.55. The molecule has 0 fully saturated rings. The Hall–Kier alpha value is -2.00. The topological polar surface area (TPSA) is 38.7 Å². The molecule has 0 aliphatic carbocycles. The smallest absolute Gasteiger partial charge is 0.125 e. The van der Waals surface area contributed by atoms with E-state index < -0.39 is 5.60 Å². The molecule has 0 aromatic heterocycles. The summed E-state index contributed by atoms with van der Waals surface area (Å²) in [6, 6.07) is 15.8. The van der Waals surface area contributed by atoms with E-state index in [9.17, 15) is 5.11 Å². The van der Waals surface area contributed by atoms with E-state index in [4.69, 9.17) is 9.47 Å². The van der Waals surface area contributed by atoms with Crippen LogP contribution in [0.5, 0.6) is 11.5 Å². The Labute approximate surface area is 132 Å². The van der Waals surface area contributed by atoms with Gasteiger partial charge in [0.2, 0.25) is 0 Å². The minimum atomic E-state index is -0.950. The minimum absolute atomic E-state index is 0.658. The van der Waals surface area contributed by atoms with E-state index in [2.05, 4.69) is 12.1 Å². The summed E-state index contributed by atoms with van der Waals surface area (Å²) < 4.78 is 10.6. The number of rotatable bonds is 7. The van der Waals surface area contributed by atoms with Crippen molar-refractivity contribution in [1.82, 2.24) is 0 Å². The van der Waals surface area contributed by atoms with E-state index in [1.807, 2.05) is 43.3 Å². The Kier molecular flexibility index (Phi) is 5.45. The van der Waals surface area contributed by atoms with E-state index in [0.29, 0.717) is 12.2 Å². The quantitative estimate of drug-likeness (QED) is 0.842. The predicted molar refractivity (Wildman–Crippen MR) is 88.5 cm³/mol. The largest absolute Gasteiger partial charge is 0.497 e. The third-order valence-corrected chi connectivity index (χ3v) is 3.96. The van der Waals surface area contributed by atoms with Crippen LogP contribution in [0.15, 0.2) is 48.5 Å². The molecular weight excluding hydrogens is 276 g/mol. The molecule has 3 heteroatoms. The standard InChI is InChI=1S/C19H24O3/c1-19(20,13-7-10-15-8-5-4-6-9-15)17-14-16(21-2)11-12-18(17)22-3/h4-6,8-9,11-12,14,20H,7,10,13H2,1-3H3. The van der Waals surface area contributed by atoms with Crippen LogP contribution in [0.2, 0.25) is 0 Å². The SMILES string of the molecule is COc1ccc(OC)c(C(C)(O)CCCc2ccccc2)c1. The van der Waals surface area contributed by atoms with E-state index in [-0.39, 0.29) is 0 Å². The van der Waals surface area contributed by atoms with Crippen molar-refractivity contribution in [3.8, 4) is 11.5 Å². The van der Waals surface area contributed by atoms with E-state index in [1.165, 1.54) is 5.56 Å². The van der Waals surface area contributed by atoms with Crippen molar-refractivity contribution in [2.75, 3.05) is 14.2 Å². The summed E-state index contributed by atoms with van der Waals surface area (Å²) in [7, 11) is 3.24. The zero-order chi connectivity index (χ0) is 16.0. The first kappa shape index (κ1) is 16.4. The Morgan fingerprint density at radius 2 is 1.73 bits per heavy atom. The van der Waals surface area contributed by atoms with Crippen LogP contribution in [0.4, 0.5) is 0 Å². The highest BCUT2D eigenvalue weighted by Crippen LogP contribution is 2.36. The van der Waals surface area contributed by atoms with Crippen LogP contribution in [0.1, 0.15) is 30.9 Å². The molecule has 0 aliphatic rings. The molecule has 2 aromatic carbocycles. The monoisotopic (exact) mass is 300 g/mol. The fourth-order valence-corrected chi connectivity index (χ4v) is 2.65. The molecule has 0 heterocycles. The molecule has 2 aromatic rings. The van der Waals surface area contributed by atoms with Gasteiger partial charge in [-0.25, -0.2) is 0 Å². The lowest BCUT2D eigenvalue weighted by atomic mass is 9.89. The van der Waals surface area contributed by atoms with Gasteiger partial charge in [0.25, 0.3) is 0 Å². The molecule has 22 heavy (non-hydrogen) atoms. The van der Waals surface area contributed by atoms with Gasteiger partial charge < -0.3 is 14.6 Å². The van der Waals surface area contributed by atoms with Gasteiger partial charge in [0.1, 0.15) is 11.5 Å². The van der Waals surface area contributed by atoms with Crippen molar-refractivity contribution >= 4 is 0 Å². The lowest BCUT2D eigenvalue weighted by Crippen LogP contribution is -2.22. The maximum Gasteiger partial charge on any atom is 0.125 e. The Morgan fingerprint density at radius 1 is 1.00 bits per heavy atom. The summed E-state index contributed by atoms with van der Waals surface area (Å²) in [4.78, 5) is 0. The van der Waals surface area contributed by atoms with Crippen LogP contribution in [-0.2, 0) is 12.0 Å². The molecule has 0 saturated heterocycles. The molecule has 1 N–H and O–H groups in total. The van der Waals surface area contributed by atoms with Gasteiger partial charge >= 0.3 is 0 Å². The van der Waals surface area contributed by atoms with Gasteiger partial charge in [-0.15, -0.1) is 0 Å². The highest BCUT2D eigenvalue weighted by atomic mass is 16.5. The molecule has 2 rings (SSSR count). The first-order valence-electron chi connectivity index (χ1n) is 7.55. The maximum absolute atomic E-state index is 10.9. The summed E-state index contributed by atoms with van der Waals surface area (Å²) in [6.45, 7) is 1.83. The number of ether oxygens (including phenoxy) is 2. The number of hydrogen-bond acceptors (Lipinski definition) is 3. The second-order valence-electron chi connectivity index (χ2n) is 5.68. The molecule has 1 unspecified atom stereocenters. The Morgan fingerprint density at radius 3 is 2.36 bits per heavy atom. The number of aryl methyl sites for hydroxylation is 1. The fourth-order valence-electron chi connectivity index (χ4n) is 2.65. The average Bonchev–Trinajstić information content (AvgIpc) is 2.55. The van der Waals surface area contributed by atoms with Crippen LogP contribution in [-0.4, -0.2) is 19.3 Å². The molecule has 3 nitrogen and oxygen atoms in total. The minimum Gasteiger partial charge on any atom is -0.497 e. The summed E-state index contributed by atoms with van der Waals surface area (Å²) in [5.74, 6) is 1.41. The first-order chi connectivity index (χ1) is 10.6. The van der Waals surface area contributed by atoms with Gasteiger partial charge in [-0.3, -0.25) is 0 Å². The van der Waals surface area contributed by atoms with Gasteiger partial charge in [0, 0.05) is 5.56 Å². The van der Waals surface area contributed by atoms with E-state index >= 15 is 0 Å². The number of aliphatic hydroxyl groups is 1. The third kappa shape index (κ3) is 4.01. The normalized spacial score (nSPS) is 13.5. The highest BCUT2D eigenvalue weighted by Gasteiger charge is 2.27. The summed E-state index contributed by atoms with van der Waals surface area (Å²) in [6.07, 6.45) is 2.51. The van der Waals surface area contributed by atoms with Crippen LogP contribution in [0.3, 0.4) is 0 Å². The number of hydrogen-bond donors (Lipinski definition) is 1. The van der Waals surface area contributed by atoms with Crippen molar-refractivity contribution < 1.29 is 14.6 Å². The number of benzene rings is 2. The second kappa shape index (κ2) is 7.32. The zero-order valence-electron chi connectivity index (χ0n) is 13.5. The van der Waals surface area contributed by atoms with Crippen LogP contribution in [0.25, 0.3) is 0 Å². The van der Waals surface area contributed by atoms with Gasteiger partial charge in [-0.2, -0.15) is 0 Å². The lowest BCUT2D eigenvalue weighted by molar-refractivity contribution is 0.0429. The molecule has 0 aliphatic heterocycles. The van der Waals surface area contributed by atoms with Gasteiger partial charge in [0.05, 0.1) is 19.8 Å². The van der Waals surface area contributed by atoms with Gasteiger partial charge in [-0.1, -0.05) is 30.3 Å². The van der Waals surface area contributed by atoms with Gasteiger partial charge in [-0.05, 0) is 49.9 Å². The van der Waals surface area contributed by atoms with Crippen molar-refractivity contribution in [2.24, 2.45) is 0 Å². The molecule has 0 bridgehead atoms. The lowest BCUT2D eigenvalue weighted by Gasteiger charge is -2.26. The average molecular weight is 300 g/mol. The van der Waals surface area contributed by atoms with E-state index in [1.54, 1.807) is 14.2 Å². The summed E-state index contributed by atoms with van der Waals surface area (Å²) in [5.41, 5.74) is 1.10. The van der Waals surface area contributed by atoms with Crippen molar-refractivity contribution in [3.63, 3.8) is 0 Å². The molecule has 0 spiro atoms. The Balaban J connectivity index is 2.09. The van der Waals surface area contributed by atoms with Crippen LogP contribution >= 0.6 is 0 Å². The van der Waals surface area contributed by atoms with Crippen molar-refractivity contribution in [2.45, 2.75) is 31.8 Å². The highest BCUT2D eigenvalue weighted by molar-refractivity contribution is 5.43. The summed E-state index contributed by atoms with van der Waals surface area (Å²) >= 11 is 0. The van der Waals surface area contributed by atoms with E-state index in [0.717, 1.165) is 24.2 Å². The summed E-state index contributed by atoms with van der Waals surface area (Å²) in [5, 5.41) is 10.9. The van der Waals surface area contributed by atoms with Crippen LogP contribution in [0, 0.1) is 0 Å². The predicted octanol–water partition coefficient (Wildman–Crippen LogP) is 3.93. The van der Waals surface area contributed by atoms with Crippen molar-refractivity contribution in [3.05, 3.63) is 59.7 Å². The molecule has 1 atom stereocenters. The molecular formula is C19H24O3. The maximum atomic E-state index is 10.9. The number of methoxy groups -OCH3 is 2. The molecule has 0 amide bonds. The van der Waals surface area contributed by atoms with Crippen molar-refractivity contribution in [1.29, 1.82) is 0 Å². The molecule has 0 radical (unpaired) electrons. The molecule has 0 saturated carbocycles. The molecule has 118 valence electrons. The fraction of sp³-hybridized carbons (Fsp3) is 0.368. The third-order valence-electron chi connectivity index (χ3n) is 3.96.